The molecule has 0 N–H and O–H groups in total. The number of rotatable bonds is 1. The van der Waals surface area contributed by atoms with E-state index in [2.05, 4.69) is 51.3 Å². The van der Waals surface area contributed by atoms with Gasteiger partial charge in [0.05, 0.1) is 0 Å². The first kappa shape index (κ1) is 8.70. The van der Waals surface area contributed by atoms with E-state index in [0.717, 1.165) is 16.7 Å². The van der Waals surface area contributed by atoms with Crippen molar-refractivity contribution in [1.29, 1.82) is 0 Å². The van der Waals surface area contributed by atoms with Crippen LogP contribution in [0.5, 0.6) is 0 Å². The van der Waals surface area contributed by atoms with Crippen molar-refractivity contribution in [3.8, 4) is 0 Å². The molecule has 0 saturated carbocycles. The SMILES string of the molecule is Brc1cccc(C2C=CC=CC2)n1. The molecule has 1 aliphatic carbocycles. The molecule has 2 heteroatoms. The van der Waals surface area contributed by atoms with Crippen LogP contribution in [0, 0.1) is 0 Å². The predicted octanol–water partition coefficient (Wildman–Crippen LogP) is 3.44. The van der Waals surface area contributed by atoms with E-state index in [1.54, 1.807) is 0 Å². The minimum atomic E-state index is 0.447. The first-order valence-corrected chi connectivity index (χ1v) is 5.11. The number of hydrogen-bond acceptors (Lipinski definition) is 1. The van der Waals surface area contributed by atoms with Crippen LogP contribution in [0.2, 0.25) is 0 Å². The Bertz CT molecular complexity index is 355. The standard InChI is InChI=1S/C11H10BrN/c12-11-8-4-7-10(13-11)9-5-2-1-3-6-9/h1-5,7-9H,6H2. The zero-order valence-corrected chi connectivity index (χ0v) is 8.74. The number of halogens is 1. The van der Waals surface area contributed by atoms with E-state index in [1.807, 2.05) is 12.1 Å². The van der Waals surface area contributed by atoms with E-state index in [-0.39, 0.29) is 0 Å². The van der Waals surface area contributed by atoms with Gasteiger partial charge in [-0.15, -0.1) is 0 Å². The summed E-state index contributed by atoms with van der Waals surface area (Å²) in [6.07, 6.45) is 9.58. The summed E-state index contributed by atoms with van der Waals surface area (Å²) in [5.74, 6) is 0.447. The molecule has 0 radical (unpaired) electrons. The Morgan fingerprint density at radius 3 is 2.92 bits per heavy atom. The molecule has 1 unspecified atom stereocenters. The molecule has 66 valence electrons. The lowest BCUT2D eigenvalue weighted by Gasteiger charge is -2.11. The third-order valence-corrected chi connectivity index (χ3v) is 2.54. The lowest BCUT2D eigenvalue weighted by atomic mass is 9.97. The van der Waals surface area contributed by atoms with Gasteiger partial charge in [-0.1, -0.05) is 30.4 Å². The summed E-state index contributed by atoms with van der Waals surface area (Å²) in [6, 6.07) is 6.05. The molecule has 0 aromatic carbocycles. The number of allylic oxidation sites excluding steroid dienone is 4. The van der Waals surface area contributed by atoms with Crippen molar-refractivity contribution in [2.45, 2.75) is 12.3 Å². The second-order valence-electron chi connectivity index (χ2n) is 3.04. The molecular formula is C11H10BrN. The van der Waals surface area contributed by atoms with Crippen LogP contribution in [-0.2, 0) is 0 Å². The fourth-order valence-corrected chi connectivity index (χ4v) is 1.79. The smallest absolute Gasteiger partial charge is 0.106 e. The summed E-state index contributed by atoms with van der Waals surface area (Å²) in [5.41, 5.74) is 1.13. The van der Waals surface area contributed by atoms with Crippen LogP contribution >= 0.6 is 15.9 Å². The molecule has 1 aromatic rings. The first-order chi connectivity index (χ1) is 6.36. The van der Waals surface area contributed by atoms with Crippen LogP contribution in [-0.4, -0.2) is 4.98 Å². The molecule has 1 aromatic heterocycles. The molecule has 1 nitrogen and oxygen atoms in total. The van der Waals surface area contributed by atoms with E-state index in [0.29, 0.717) is 5.92 Å². The van der Waals surface area contributed by atoms with Crippen LogP contribution in [0.25, 0.3) is 0 Å². The molecule has 0 bridgehead atoms. The lowest BCUT2D eigenvalue weighted by molar-refractivity contribution is 0.812. The molecule has 0 aliphatic heterocycles. The lowest BCUT2D eigenvalue weighted by Crippen LogP contribution is -1.98. The Hall–Kier alpha value is -0.890. The van der Waals surface area contributed by atoms with E-state index in [4.69, 9.17) is 0 Å². The van der Waals surface area contributed by atoms with E-state index in [1.165, 1.54) is 0 Å². The Morgan fingerprint density at radius 2 is 2.23 bits per heavy atom. The minimum absolute atomic E-state index is 0.447. The number of pyridine rings is 1. The molecule has 1 aliphatic rings. The molecule has 2 rings (SSSR count). The minimum Gasteiger partial charge on any atom is -0.245 e. The van der Waals surface area contributed by atoms with Gasteiger partial charge in [0.15, 0.2) is 0 Å². The summed E-state index contributed by atoms with van der Waals surface area (Å²) >= 11 is 3.38. The summed E-state index contributed by atoms with van der Waals surface area (Å²) < 4.78 is 0.910. The van der Waals surface area contributed by atoms with Gasteiger partial charge in [-0.05, 0) is 34.5 Å². The second kappa shape index (κ2) is 3.88. The van der Waals surface area contributed by atoms with Gasteiger partial charge < -0.3 is 0 Å². The zero-order chi connectivity index (χ0) is 9.10. The van der Waals surface area contributed by atoms with Gasteiger partial charge >= 0.3 is 0 Å². The van der Waals surface area contributed by atoms with Crippen molar-refractivity contribution in [2.75, 3.05) is 0 Å². The monoisotopic (exact) mass is 235 g/mol. The maximum Gasteiger partial charge on any atom is 0.106 e. The average Bonchev–Trinajstić information content (AvgIpc) is 2.19. The van der Waals surface area contributed by atoms with Crippen molar-refractivity contribution >= 4 is 15.9 Å². The van der Waals surface area contributed by atoms with Gasteiger partial charge in [-0.2, -0.15) is 0 Å². The summed E-state index contributed by atoms with van der Waals surface area (Å²) in [6.45, 7) is 0. The zero-order valence-electron chi connectivity index (χ0n) is 7.15. The van der Waals surface area contributed by atoms with Gasteiger partial charge in [0.1, 0.15) is 4.60 Å². The second-order valence-corrected chi connectivity index (χ2v) is 3.85. The highest BCUT2D eigenvalue weighted by Gasteiger charge is 2.09. The van der Waals surface area contributed by atoms with Crippen molar-refractivity contribution in [3.63, 3.8) is 0 Å². The van der Waals surface area contributed by atoms with E-state index in [9.17, 15) is 0 Å². The quantitative estimate of drug-likeness (QED) is 0.680. The number of nitrogens with zero attached hydrogens (tertiary/aromatic N) is 1. The third kappa shape index (κ3) is 2.07. The normalized spacial score (nSPS) is 20.5. The molecule has 0 saturated heterocycles. The topological polar surface area (TPSA) is 12.9 Å². The average molecular weight is 236 g/mol. The van der Waals surface area contributed by atoms with Gasteiger partial charge in [0.2, 0.25) is 0 Å². The van der Waals surface area contributed by atoms with Crippen molar-refractivity contribution in [1.82, 2.24) is 4.98 Å². The third-order valence-electron chi connectivity index (χ3n) is 2.10. The van der Waals surface area contributed by atoms with Gasteiger partial charge in [0, 0.05) is 11.6 Å². The molecule has 1 atom stereocenters. The summed E-state index contributed by atoms with van der Waals surface area (Å²) in [5, 5.41) is 0. The highest BCUT2D eigenvalue weighted by atomic mass is 79.9. The highest BCUT2D eigenvalue weighted by Crippen LogP contribution is 2.23. The molecule has 0 amide bonds. The largest absolute Gasteiger partial charge is 0.245 e. The van der Waals surface area contributed by atoms with E-state index >= 15 is 0 Å². The van der Waals surface area contributed by atoms with Crippen LogP contribution in [0.15, 0.2) is 47.1 Å². The predicted molar refractivity (Wildman–Crippen MR) is 57.6 cm³/mol. The highest BCUT2D eigenvalue weighted by molar-refractivity contribution is 9.10. The molecule has 1 heterocycles. The molecular weight excluding hydrogens is 226 g/mol. The molecule has 0 spiro atoms. The van der Waals surface area contributed by atoms with Crippen LogP contribution < -0.4 is 0 Å². The Kier molecular flexibility index (Phi) is 2.60. The fourth-order valence-electron chi connectivity index (χ4n) is 1.43. The van der Waals surface area contributed by atoms with Crippen molar-refractivity contribution in [2.24, 2.45) is 0 Å². The van der Waals surface area contributed by atoms with Crippen molar-refractivity contribution < 1.29 is 0 Å². The Morgan fingerprint density at radius 1 is 1.31 bits per heavy atom. The van der Waals surface area contributed by atoms with Crippen LogP contribution in [0.1, 0.15) is 18.0 Å². The molecule has 13 heavy (non-hydrogen) atoms. The van der Waals surface area contributed by atoms with Gasteiger partial charge in [-0.3, -0.25) is 0 Å². The summed E-state index contributed by atoms with van der Waals surface area (Å²) in [7, 11) is 0. The fraction of sp³-hybridized carbons (Fsp3) is 0.182. The van der Waals surface area contributed by atoms with Crippen LogP contribution in [0.4, 0.5) is 0 Å². The maximum atomic E-state index is 4.43. The summed E-state index contributed by atoms with van der Waals surface area (Å²) in [4.78, 5) is 4.43. The van der Waals surface area contributed by atoms with Gasteiger partial charge in [-0.25, -0.2) is 4.98 Å². The van der Waals surface area contributed by atoms with Crippen molar-refractivity contribution in [3.05, 3.63) is 52.8 Å². The van der Waals surface area contributed by atoms with Gasteiger partial charge in [0.25, 0.3) is 0 Å². The van der Waals surface area contributed by atoms with E-state index < -0.39 is 0 Å². The number of hydrogen-bond donors (Lipinski definition) is 0. The van der Waals surface area contributed by atoms with Crippen LogP contribution in [0.3, 0.4) is 0 Å². The Labute approximate surface area is 86.3 Å². The molecule has 0 fully saturated rings. The maximum absolute atomic E-state index is 4.43. The number of aromatic nitrogens is 1. The first-order valence-electron chi connectivity index (χ1n) is 4.32. The Balaban J connectivity index is 2.25.